The number of aliphatic hydroxyl groups is 1. The highest BCUT2D eigenvalue weighted by Crippen LogP contribution is 2.14. The van der Waals surface area contributed by atoms with Crippen LogP contribution in [0.25, 0.3) is 0 Å². The van der Waals surface area contributed by atoms with E-state index in [1.165, 1.54) is 0 Å². The van der Waals surface area contributed by atoms with Crippen LogP contribution in [0.5, 0.6) is 0 Å². The minimum Gasteiger partial charge on any atom is -0.387 e. The zero-order valence-electron chi connectivity index (χ0n) is 10.5. The number of nitrogens with zero attached hydrogens (tertiary/aromatic N) is 3. The molecule has 1 atom stereocenters. The first-order valence-corrected chi connectivity index (χ1v) is 5.91. The Labute approximate surface area is 111 Å². The Morgan fingerprint density at radius 3 is 2.79 bits per heavy atom. The first kappa shape index (κ1) is 13.0. The number of rotatable bonds is 4. The van der Waals surface area contributed by atoms with Gasteiger partial charge in [-0.3, -0.25) is 0 Å². The molecule has 0 bridgehead atoms. The van der Waals surface area contributed by atoms with Crippen molar-refractivity contribution in [1.29, 1.82) is 5.26 Å². The molecule has 1 aromatic carbocycles. The molecular formula is C14H14N4O. The van der Waals surface area contributed by atoms with E-state index in [0.29, 0.717) is 12.4 Å². The standard InChI is InChI=1S/C14H14N4O/c1-10-3-2-4-11(7-10)13(19)9-16-14-6-5-12(8-15)17-18-14/h2-7,13,19H,9H2,1H3,(H,16,18). The lowest BCUT2D eigenvalue weighted by molar-refractivity contribution is 0.191. The van der Waals surface area contributed by atoms with Gasteiger partial charge in [-0.1, -0.05) is 29.8 Å². The van der Waals surface area contributed by atoms with E-state index in [1.807, 2.05) is 37.3 Å². The van der Waals surface area contributed by atoms with Crippen molar-refractivity contribution >= 4 is 5.82 Å². The molecule has 0 aliphatic rings. The Kier molecular flexibility index (Phi) is 4.06. The van der Waals surface area contributed by atoms with Gasteiger partial charge in [-0.2, -0.15) is 5.26 Å². The lowest BCUT2D eigenvalue weighted by Crippen LogP contribution is -2.13. The van der Waals surface area contributed by atoms with Gasteiger partial charge in [-0.25, -0.2) is 0 Å². The van der Waals surface area contributed by atoms with E-state index in [2.05, 4.69) is 15.5 Å². The summed E-state index contributed by atoms with van der Waals surface area (Å²) in [5.41, 5.74) is 2.23. The van der Waals surface area contributed by atoms with Crippen molar-refractivity contribution in [3.63, 3.8) is 0 Å². The molecule has 0 amide bonds. The van der Waals surface area contributed by atoms with Gasteiger partial charge in [-0.05, 0) is 24.6 Å². The average molecular weight is 254 g/mol. The van der Waals surface area contributed by atoms with Gasteiger partial charge in [0.1, 0.15) is 11.9 Å². The third-order valence-corrected chi connectivity index (χ3v) is 2.68. The number of aliphatic hydroxyl groups excluding tert-OH is 1. The van der Waals surface area contributed by atoms with Crippen LogP contribution in [0.3, 0.4) is 0 Å². The van der Waals surface area contributed by atoms with Gasteiger partial charge in [-0.15, -0.1) is 10.2 Å². The van der Waals surface area contributed by atoms with Crippen molar-refractivity contribution in [3.8, 4) is 6.07 Å². The molecule has 19 heavy (non-hydrogen) atoms. The van der Waals surface area contributed by atoms with Crippen molar-refractivity contribution < 1.29 is 5.11 Å². The maximum atomic E-state index is 10.0. The van der Waals surface area contributed by atoms with E-state index in [4.69, 9.17) is 5.26 Å². The highest BCUT2D eigenvalue weighted by Gasteiger charge is 2.07. The van der Waals surface area contributed by atoms with E-state index < -0.39 is 6.10 Å². The van der Waals surface area contributed by atoms with Gasteiger partial charge in [0.05, 0.1) is 6.10 Å². The van der Waals surface area contributed by atoms with E-state index in [-0.39, 0.29) is 5.69 Å². The third-order valence-electron chi connectivity index (χ3n) is 2.68. The number of nitrogens with one attached hydrogen (secondary N) is 1. The fraction of sp³-hybridized carbons (Fsp3) is 0.214. The van der Waals surface area contributed by atoms with Crippen molar-refractivity contribution in [1.82, 2.24) is 10.2 Å². The summed E-state index contributed by atoms with van der Waals surface area (Å²) < 4.78 is 0. The van der Waals surface area contributed by atoms with E-state index in [0.717, 1.165) is 11.1 Å². The van der Waals surface area contributed by atoms with E-state index >= 15 is 0 Å². The zero-order chi connectivity index (χ0) is 13.7. The van der Waals surface area contributed by atoms with Crippen LogP contribution in [0.2, 0.25) is 0 Å². The molecule has 0 saturated heterocycles. The van der Waals surface area contributed by atoms with E-state index in [9.17, 15) is 5.11 Å². The second-order valence-corrected chi connectivity index (χ2v) is 4.23. The summed E-state index contributed by atoms with van der Waals surface area (Å²) in [5, 5.41) is 29.2. The molecule has 2 N–H and O–H groups in total. The van der Waals surface area contributed by atoms with Crippen LogP contribution in [0.4, 0.5) is 5.82 Å². The van der Waals surface area contributed by atoms with Crippen LogP contribution < -0.4 is 5.32 Å². The predicted molar refractivity (Wildman–Crippen MR) is 71.4 cm³/mol. The molecule has 0 fully saturated rings. The quantitative estimate of drug-likeness (QED) is 0.869. The Morgan fingerprint density at radius 1 is 1.32 bits per heavy atom. The molecule has 1 aromatic heterocycles. The summed E-state index contributed by atoms with van der Waals surface area (Å²) in [7, 11) is 0. The van der Waals surface area contributed by atoms with Crippen molar-refractivity contribution in [3.05, 3.63) is 53.2 Å². The minimum absolute atomic E-state index is 0.268. The smallest absolute Gasteiger partial charge is 0.163 e. The fourth-order valence-corrected chi connectivity index (χ4v) is 1.68. The molecule has 5 heteroatoms. The zero-order valence-corrected chi connectivity index (χ0v) is 10.5. The first-order chi connectivity index (χ1) is 9.19. The largest absolute Gasteiger partial charge is 0.387 e. The molecule has 0 spiro atoms. The molecule has 0 saturated carbocycles. The Balaban J connectivity index is 1.96. The Hall–Kier alpha value is -2.45. The molecule has 2 aromatic rings. The summed E-state index contributed by atoms with van der Waals surface area (Å²) in [5.74, 6) is 0.533. The van der Waals surface area contributed by atoms with Crippen LogP contribution in [0.15, 0.2) is 36.4 Å². The van der Waals surface area contributed by atoms with Crippen LogP contribution in [-0.4, -0.2) is 21.8 Å². The molecule has 96 valence electrons. The van der Waals surface area contributed by atoms with Crippen molar-refractivity contribution in [2.45, 2.75) is 13.0 Å². The van der Waals surface area contributed by atoms with Crippen LogP contribution in [-0.2, 0) is 0 Å². The van der Waals surface area contributed by atoms with Crippen LogP contribution in [0.1, 0.15) is 22.9 Å². The predicted octanol–water partition coefficient (Wildman–Crippen LogP) is 1.80. The van der Waals surface area contributed by atoms with Crippen LogP contribution >= 0.6 is 0 Å². The normalized spacial score (nSPS) is 11.6. The summed E-state index contributed by atoms with van der Waals surface area (Å²) in [4.78, 5) is 0. The van der Waals surface area contributed by atoms with Gasteiger partial charge in [0, 0.05) is 6.54 Å². The fourth-order valence-electron chi connectivity index (χ4n) is 1.68. The highest BCUT2D eigenvalue weighted by molar-refractivity contribution is 5.36. The monoisotopic (exact) mass is 254 g/mol. The molecular weight excluding hydrogens is 240 g/mol. The topological polar surface area (TPSA) is 81.8 Å². The summed E-state index contributed by atoms with van der Waals surface area (Å²) >= 11 is 0. The number of aromatic nitrogens is 2. The number of hydrogen-bond acceptors (Lipinski definition) is 5. The summed E-state index contributed by atoms with van der Waals surface area (Å²) in [6.45, 7) is 2.32. The SMILES string of the molecule is Cc1cccc(C(O)CNc2ccc(C#N)nn2)c1. The second-order valence-electron chi connectivity index (χ2n) is 4.23. The van der Waals surface area contributed by atoms with Gasteiger partial charge in [0.2, 0.25) is 0 Å². The maximum absolute atomic E-state index is 10.0. The minimum atomic E-state index is -0.614. The molecule has 2 rings (SSSR count). The van der Waals surface area contributed by atoms with Gasteiger partial charge >= 0.3 is 0 Å². The Bertz CT molecular complexity index is 589. The summed E-state index contributed by atoms with van der Waals surface area (Å²) in [6.07, 6.45) is -0.614. The average Bonchev–Trinajstić information content (AvgIpc) is 2.45. The number of hydrogen-bond donors (Lipinski definition) is 2. The Morgan fingerprint density at radius 2 is 2.16 bits per heavy atom. The molecule has 0 radical (unpaired) electrons. The number of aryl methyl sites for hydroxylation is 1. The number of nitriles is 1. The van der Waals surface area contributed by atoms with Gasteiger partial charge < -0.3 is 10.4 Å². The number of benzene rings is 1. The van der Waals surface area contributed by atoms with Crippen molar-refractivity contribution in [2.75, 3.05) is 11.9 Å². The lowest BCUT2D eigenvalue weighted by atomic mass is 10.1. The maximum Gasteiger partial charge on any atom is 0.163 e. The van der Waals surface area contributed by atoms with Crippen LogP contribution in [0, 0.1) is 18.3 Å². The van der Waals surface area contributed by atoms with Gasteiger partial charge in [0.25, 0.3) is 0 Å². The molecule has 1 unspecified atom stereocenters. The number of anilines is 1. The van der Waals surface area contributed by atoms with Gasteiger partial charge in [0.15, 0.2) is 5.69 Å². The molecule has 0 aliphatic heterocycles. The molecule has 5 nitrogen and oxygen atoms in total. The van der Waals surface area contributed by atoms with E-state index in [1.54, 1.807) is 12.1 Å². The lowest BCUT2D eigenvalue weighted by Gasteiger charge is -2.12. The second kappa shape index (κ2) is 5.94. The molecule has 1 heterocycles. The van der Waals surface area contributed by atoms with Crippen molar-refractivity contribution in [2.24, 2.45) is 0 Å². The first-order valence-electron chi connectivity index (χ1n) is 5.91. The summed E-state index contributed by atoms with van der Waals surface area (Å²) in [6, 6.07) is 12.9. The third kappa shape index (κ3) is 3.50. The highest BCUT2D eigenvalue weighted by atomic mass is 16.3. The molecule has 0 aliphatic carbocycles.